The predicted molar refractivity (Wildman–Crippen MR) is 112 cm³/mol. The van der Waals surface area contributed by atoms with Crippen LogP contribution in [0.15, 0.2) is 60.7 Å². The van der Waals surface area contributed by atoms with Crippen molar-refractivity contribution < 1.29 is 29.0 Å². The lowest BCUT2D eigenvalue weighted by Gasteiger charge is -2.12. The van der Waals surface area contributed by atoms with Crippen LogP contribution in [0.5, 0.6) is 0 Å². The zero-order valence-electron chi connectivity index (χ0n) is 16.3. The van der Waals surface area contributed by atoms with Crippen molar-refractivity contribution in [1.29, 1.82) is 0 Å². The van der Waals surface area contributed by atoms with Crippen LogP contribution < -0.4 is 11.1 Å². The average Bonchev–Trinajstić information content (AvgIpc) is 2.73. The highest BCUT2D eigenvalue weighted by Gasteiger charge is 2.16. The van der Waals surface area contributed by atoms with Gasteiger partial charge >= 0.3 is 11.9 Å². The first-order valence-electron chi connectivity index (χ1n) is 9.26. The fourth-order valence-electron chi connectivity index (χ4n) is 3.14. The molecule has 3 rings (SSSR count). The van der Waals surface area contributed by atoms with E-state index in [1.165, 1.54) is 30.3 Å². The fraction of sp³-hybridized carbons (Fsp3) is 0.0870. The third-order valence-electron chi connectivity index (χ3n) is 4.58. The van der Waals surface area contributed by atoms with Crippen LogP contribution in [-0.2, 0) is 17.8 Å². The number of carbonyl (C=O) groups excluding carboxylic acids is 1. The molecule has 0 fully saturated rings. The van der Waals surface area contributed by atoms with E-state index in [-0.39, 0.29) is 24.1 Å². The Hall–Kier alpha value is -4.04. The number of anilines is 1. The van der Waals surface area contributed by atoms with Gasteiger partial charge in [-0.3, -0.25) is 9.59 Å². The molecule has 0 aliphatic rings. The van der Waals surface area contributed by atoms with Gasteiger partial charge in [0.05, 0.1) is 12.0 Å². The lowest BCUT2D eigenvalue weighted by atomic mass is 9.97. The number of benzene rings is 3. The van der Waals surface area contributed by atoms with Gasteiger partial charge in [0.2, 0.25) is 0 Å². The molecule has 0 spiro atoms. The van der Waals surface area contributed by atoms with E-state index in [4.69, 9.17) is 10.8 Å². The van der Waals surface area contributed by atoms with Crippen molar-refractivity contribution in [1.82, 2.24) is 0 Å². The zero-order valence-corrected chi connectivity index (χ0v) is 16.3. The number of amides is 1. The maximum absolute atomic E-state index is 14.0. The zero-order chi connectivity index (χ0) is 22.5. The number of nitrogens with two attached hydrogens (primary N) is 1. The molecule has 0 radical (unpaired) electrons. The number of aliphatic carboxylic acids is 1. The Bertz CT molecular complexity index is 1180. The summed E-state index contributed by atoms with van der Waals surface area (Å²) in [7, 11) is 0. The van der Waals surface area contributed by atoms with Crippen LogP contribution in [0.1, 0.15) is 31.8 Å². The Kier molecular flexibility index (Phi) is 6.42. The number of para-hydroxylation sites is 1. The molecule has 0 atom stereocenters. The van der Waals surface area contributed by atoms with Crippen LogP contribution in [-0.4, -0.2) is 28.1 Å². The molecule has 0 saturated carbocycles. The largest absolute Gasteiger partial charge is 0.481 e. The van der Waals surface area contributed by atoms with E-state index in [2.05, 4.69) is 5.32 Å². The summed E-state index contributed by atoms with van der Waals surface area (Å²) in [6.45, 7) is 0.0943. The highest BCUT2D eigenvalue weighted by Crippen LogP contribution is 2.26. The lowest BCUT2D eigenvalue weighted by Crippen LogP contribution is -2.15. The van der Waals surface area contributed by atoms with Gasteiger partial charge < -0.3 is 21.3 Å². The maximum Gasteiger partial charge on any atom is 0.335 e. The Labute approximate surface area is 176 Å². The summed E-state index contributed by atoms with van der Waals surface area (Å²) in [5, 5.41) is 21.1. The summed E-state index contributed by atoms with van der Waals surface area (Å²) in [5.41, 5.74) is 7.39. The highest BCUT2D eigenvalue weighted by molar-refractivity contribution is 6.07. The number of halogens is 1. The molecule has 0 aliphatic carbocycles. The van der Waals surface area contributed by atoms with Crippen molar-refractivity contribution in [2.75, 3.05) is 5.32 Å². The standard InChI is InChI=1S/C23H19FN2O5/c24-19-6-13(12-25)5-15(10-19)16-7-17(9-18(8-16)23(30)31)22(29)26-20-4-2-1-3-14(20)11-21(27)28/h1-10H,11-12,25H2,(H,26,29)(H,27,28)(H,30,31). The molecular weight excluding hydrogens is 403 g/mol. The number of carboxylic acids is 2. The van der Waals surface area contributed by atoms with E-state index < -0.39 is 23.7 Å². The molecule has 3 aromatic carbocycles. The molecule has 0 aromatic heterocycles. The molecular formula is C23H19FN2O5. The first kappa shape index (κ1) is 21.7. The summed E-state index contributed by atoms with van der Waals surface area (Å²) in [5.74, 6) is -3.47. The molecule has 158 valence electrons. The molecule has 8 heteroatoms. The number of carboxylic acid groups (broad SMARTS) is 2. The molecule has 0 bridgehead atoms. The van der Waals surface area contributed by atoms with Gasteiger partial charge in [0.1, 0.15) is 5.82 Å². The van der Waals surface area contributed by atoms with E-state index in [9.17, 15) is 23.9 Å². The smallest absolute Gasteiger partial charge is 0.335 e. The van der Waals surface area contributed by atoms with Crippen LogP contribution in [0.2, 0.25) is 0 Å². The van der Waals surface area contributed by atoms with E-state index in [1.54, 1.807) is 30.3 Å². The number of hydrogen-bond acceptors (Lipinski definition) is 4. The molecule has 0 saturated heterocycles. The molecule has 3 aromatic rings. The van der Waals surface area contributed by atoms with Crippen LogP contribution in [0.3, 0.4) is 0 Å². The van der Waals surface area contributed by atoms with Gasteiger partial charge in [-0.05, 0) is 64.7 Å². The lowest BCUT2D eigenvalue weighted by molar-refractivity contribution is -0.136. The van der Waals surface area contributed by atoms with E-state index in [1.807, 2.05) is 0 Å². The van der Waals surface area contributed by atoms with Gasteiger partial charge in [-0.25, -0.2) is 9.18 Å². The van der Waals surface area contributed by atoms with Crippen molar-refractivity contribution >= 4 is 23.5 Å². The molecule has 7 nitrogen and oxygen atoms in total. The van der Waals surface area contributed by atoms with Crippen molar-refractivity contribution in [3.8, 4) is 11.1 Å². The Morgan fingerprint density at radius 1 is 0.903 bits per heavy atom. The summed E-state index contributed by atoms with van der Waals surface area (Å²) in [6.07, 6.45) is -0.290. The van der Waals surface area contributed by atoms with Crippen LogP contribution >= 0.6 is 0 Å². The second-order valence-electron chi connectivity index (χ2n) is 6.84. The van der Waals surface area contributed by atoms with Crippen molar-refractivity contribution in [2.24, 2.45) is 5.73 Å². The molecule has 1 amide bonds. The number of rotatable bonds is 7. The van der Waals surface area contributed by atoms with Gasteiger partial charge in [0.15, 0.2) is 0 Å². The molecule has 5 N–H and O–H groups in total. The quantitative estimate of drug-likeness (QED) is 0.461. The summed E-state index contributed by atoms with van der Waals surface area (Å²) >= 11 is 0. The van der Waals surface area contributed by atoms with Gasteiger partial charge in [0, 0.05) is 17.8 Å². The summed E-state index contributed by atoms with van der Waals surface area (Å²) < 4.78 is 14.0. The first-order chi connectivity index (χ1) is 14.8. The van der Waals surface area contributed by atoms with Gasteiger partial charge in [0.25, 0.3) is 5.91 Å². The maximum atomic E-state index is 14.0. The normalized spacial score (nSPS) is 10.5. The minimum absolute atomic E-state index is 0.0265. The fourth-order valence-corrected chi connectivity index (χ4v) is 3.14. The molecule has 0 unspecified atom stereocenters. The summed E-state index contributed by atoms with van der Waals surface area (Å²) in [6, 6.07) is 14.5. The topological polar surface area (TPSA) is 130 Å². The minimum atomic E-state index is -1.25. The molecule has 0 heterocycles. The monoisotopic (exact) mass is 422 g/mol. The second kappa shape index (κ2) is 9.19. The Morgan fingerprint density at radius 3 is 2.26 bits per heavy atom. The SMILES string of the molecule is NCc1cc(F)cc(-c2cc(C(=O)O)cc(C(=O)Nc3ccccc3CC(=O)O)c2)c1. The first-order valence-corrected chi connectivity index (χ1v) is 9.26. The Morgan fingerprint density at radius 2 is 1.58 bits per heavy atom. The van der Waals surface area contributed by atoms with Crippen LogP contribution in [0, 0.1) is 5.82 Å². The molecule has 31 heavy (non-hydrogen) atoms. The number of aromatic carboxylic acids is 1. The second-order valence-corrected chi connectivity index (χ2v) is 6.84. The summed E-state index contributed by atoms with van der Waals surface area (Å²) in [4.78, 5) is 35.5. The van der Waals surface area contributed by atoms with Crippen LogP contribution in [0.4, 0.5) is 10.1 Å². The van der Waals surface area contributed by atoms with Gasteiger partial charge in [-0.15, -0.1) is 0 Å². The number of hydrogen-bond donors (Lipinski definition) is 4. The van der Waals surface area contributed by atoms with Gasteiger partial charge in [-0.1, -0.05) is 18.2 Å². The highest BCUT2D eigenvalue weighted by atomic mass is 19.1. The van der Waals surface area contributed by atoms with Crippen molar-refractivity contribution in [2.45, 2.75) is 13.0 Å². The third kappa shape index (κ3) is 5.31. The van der Waals surface area contributed by atoms with Gasteiger partial charge in [-0.2, -0.15) is 0 Å². The Balaban J connectivity index is 2.02. The average molecular weight is 422 g/mol. The third-order valence-corrected chi connectivity index (χ3v) is 4.58. The predicted octanol–water partition coefficient (Wildman–Crippen LogP) is 3.53. The van der Waals surface area contributed by atoms with Crippen LogP contribution in [0.25, 0.3) is 11.1 Å². The number of carbonyl (C=O) groups is 3. The van der Waals surface area contributed by atoms with Crippen molar-refractivity contribution in [3.05, 3.63) is 88.7 Å². The van der Waals surface area contributed by atoms with E-state index >= 15 is 0 Å². The minimum Gasteiger partial charge on any atom is -0.481 e. The number of nitrogens with one attached hydrogen (secondary N) is 1. The van der Waals surface area contributed by atoms with E-state index in [0.717, 1.165) is 0 Å². The van der Waals surface area contributed by atoms with Crippen molar-refractivity contribution in [3.63, 3.8) is 0 Å². The molecule has 0 aliphatic heterocycles. The van der Waals surface area contributed by atoms with E-state index in [0.29, 0.717) is 27.9 Å².